The number of benzene rings is 1. The van der Waals surface area contributed by atoms with Gasteiger partial charge in [0.2, 0.25) is 5.91 Å². The maximum Gasteiger partial charge on any atom is 0.338 e. The van der Waals surface area contributed by atoms with Crippen LogP contribution in [0.5, 0.6) is 0 Å². The van der Waals surface area contributed by atoms with Crippen LogP contribution in [0.1, 0.15) is 70.0 Å². The largest absolute Gasteiger partial charge is 0.459 e. The number of ether oxygens (including phenoxy) is 1. The average Bonchev–Trinajstić information content (AvgIpc) is 3.48. The van der Waals surface area contributed by atoms with Gasteiger partial charge >= 0.3 is 5.97 Å². The monoisotopic (exact) mass is 479 g/mol. The minimum absolute atomic E-state index is 0.0474. The number of hydrogen-bond acceptors (Lipinski definition) is 6. The standard InChI is InChI=1S/C27H33N3O3S/c1-15(2)33-26(32)24-17(4)28-27-30(25(24)20-7-5-6-16(3)10-20)21(14-34-27)13-23(31)29-22-12-18-8-9-19(22)11-18/h5-7,10,14-15,18-19,22,25H,8-9,11-13H2,1-4H3,(H,29,31)/t18-,19-,22+,25+/m0/s1. The third-order valence-corrected chi connectivity index (χ3v) is 8.24. The predicted octanol–water partition coefficient (Wildman–Crippen LogP) is 5.22. The number of aryl methyl sites for hydroxylation is 1. The zero-order chi connectivity index (χ0) is 24.0. The van der Waals surface area contributed by atoms with Crippen molar-refractivity contribution in [1.82, 2.24) is 10.2 Å². The Bertz CT molecular complexity index is 1110. The second-order valence-corrected chi connectivity index (χ2v) is 11.1. The molecule has 1 amide bonds. The molecule has 1 aromatic carbocycles. The van der Waals surface area contributed by atoms with Crippen LogP contribution in [-0.4, -0.2) is 34.1 Å². The normalized spacial score (nSPS) is 27.6. The molecule has 0 saturated heterocycles. The van der Waals surface area contributed by atoms with Crippen molar-refractivity contribution < 1.29 is 14.3 Å². The number of carbonyl (C=O) groups is 2. The molecule has 2 aliphatic heterocycles. The van der Waals surface area contributed by atoms with Gasteiger partial charge in [0.05, 0.1) is 29.8 Å². The van der Waals surface area contributed by atoms with E-state index in [1.807, 2.05) is 51.3 Å². The molecule has 2 aliphatic carbocycles. The van der Waals surface area contributed by atoms with Crippen molar-refractivity contribution in [2.24, 2.45) is 16.8 Å². The predicted molar refractivity (Wildman–Crippen MR) is 135 cm³/mol. The summed E-state index contributed by atoms with van der Waals surface area (Å²) in [5.41, 5.74) is 4.17. The van der Waals surface area contributed by atoms with Crippen LogP contribution in [-0.2, 0) is 14.3 Å². The lowest BCUT2D eigenvalue weighted by atomic mass is 9.92. The lowest BCUT2D eigenvalue weighted by molar-refractivity contribution is -0.143. The summed E-state index contributed by atoms with van der Waals surface area (Å²) in [6.45, 7) is 7.61. The van der Waals surface area contributed by atoms with Gasteiger partial charge in [-0.2, -0.15) is 0 Å². The van der Waals surface area contributed by atoms with E-state index in [9.17, 15) is 9.59 Å². The Morgan fingerprint density at radius 2 is 2.06 bits per heavy atom. The number of nitrogens with one attached hydrogen (secondary N) is 1. The van der Waals surface area contributed by atoms with Crippen LogP contribution in [0.4, 0.5) is 0 Å². The van der Waals surface area contributed by atoms with E-state index in [1.165, 1.54) is 31.0 Å². The molecular formula is C27H33N3O3S. The summed E-state index contributed by atoms with van der Waals surface area (Å²) in [6, 6.07) is 8.11. The van der Waals surface area contributed by atoms with Crippen molar-refractivity contribution in [3.8, 4) is 0 Å². The summed E-state index contributed by atoms with van der Waals surface area (Å²) in [4.78, 5) is 33.1. The highest BCUT2D eigenvalue weighted by atomic mass is 32.2. The summed E-state index contributed by atoms with van der Waals surface area (Å²) in [5, 5.41) is 6.11. The Hall–Kier alpha value is -2.54. The topological polar surface area (TPSA) is 71.0 Å². The van der Waals surface area contributed by atoms with E-state index in [0.717, 1.165) is 34.3 Å². The summed E-state index contributed by atoms with van der Waals surface area (Å²) in [5.74, 6) is 1.11. The van der Waals surface area contributed by atoms with Crippen LogP contribution >= 0.6 is 11.8 Å². The molecule has 4 atom stereocenters. The van der Waals surface area contributed by atoms with Gasteiger partial charge in [-0.05, 0) is 69.8 Å². The van der Waals surface area contributed by atoms with Crippen LogP contribution in [0.3, 0.4) is 0 Å². The molecule has 180 valence electrons. The molecule has 4 aliphatic rings. The van der Waals surface area contributed by atoms with Crippen molar-refractivity contribution in [3.05, 3.63) is 57.8 Å². The second kappa shape index (κ2) is 9.25. The van der Waals surface area contributed by atoms with E-state index >= 15 is 0 Å². The smallest absolute Gasteiger partial charge is 0.338 e. The van der Waals surface area contributed by atoms with Crippen molar-refractivity contribution >= 4 is 28.8 Å². The number of thioether (sulfide) groups is 1. The van der Waals surface area contributed by atoms with Crippen LogP contribution in [0.2, 0.25) is 0 Å². The van der Waals surface area contributed by atoms with E-state index in [2.05, 4.69) is 16.3 Å². The van der Waals surface area contributed by atoms with Gasteiger partial charge < -0.3 is 15.0 Å². The molecule has 2 bridgehead atoms. The van der Waals surface area contributed by atoms with Crippen molar-refractivity contribution in [2.45, 2.75) is 78.0 Å². The highest BCUT2D eigenvalue weighted by Crippen LogP contribution is 2.46. The lowest BCUT2D eigenvalue weighted by Gasteiger charge is -2.36. The van der Waals surface area contributed by atoms with Gasteiger partial charge in [0.25, 0.3) is 0 Å². The van der Waals surface area contributed by atoms with Gasteiger partial charge in [-0.1, -0.05) is 48.0 Å². The molecule has 1 N–H and O–H groups in total. The molecule has 0 spiro atoms. The molecule has 0 radical (unpaired) electrons. The van der Waals surface area contributed by atoms with Gasteiger partial charge in [-0.25, -0.2) is 9.79 Å². The third kappa shape index (κ3) is 4.42. The zero-order valence-electron chi connectivity index (χ0n) is 20.3. The quantitative estimate of drug-likeness (QED) is 0.567. The van der Waals surface area contributed by atoms with Crippen LogP contribution in [0.25, 0.3) is 0 Å². The maximum atomic E-state index is 13.2. The Balaban J connectivity index is 1.43. The summed E-state index contributed by atoms with van der Waals surface area (Å²) < 4.78 is 5.63. The first kappa shape index (κ1) is 23.2. The minimum atomic E-state index is -0.379. The summed E-state index contributed by atoms with van der Waals surface area (Å²) in [6.07, 6.45) is 4.95. The Labute approximate surface area is 205 Å². The number of hydrogen-bond donors (Lipinski definition) is 1. The molecule has 5 rings (SSSR count). The summed E-state index contributed by atoms with van der Waals surface area (Å²) >= 11 is 1.51. The SMILES string of the molecule is CC1=C(C(=O)OC(C)C)[C@@H](c2cccc(C)c2)N2C(CC(=O)N[C@@H]3C[C@H]4CC[C@H]3C4)=CSC2=N1. The van der Waals surface area contributed by atoms with Crippen molar-refractivity contribution in [3.63, 3.8) is 0 Å². The molecule has 1 aromatic rings. The van der Waals surface area contributed by atoms with Crippen molar-refractivity contribution in [1.29, 1.82) is 0 Å². The van der Waals surface area contributed by atoms with E-state index in [-0.39, 0.29) is 30.4 Å². The van der Waals surface area contributed by atoms with Gasteiger partial charge in [0.15, 0.2) is 5.17 Å². The second-order valence-electron chi connectivity index (χ2n) is 10.3. The minimum Gasteiger partial charge on any atom is -0.459 e. The fourth-order valence-electron chi connectivity index (χ4n) is 5.91. The number of amidine groups is 1. The first-order chi connectivity index (χ1) is 16.3. The Morgan fingerprint density at radius 1 is 1.24 bits per heavy atom. The number of fused-ring (bicyclic) bond motifs is 3. The molecular weight excluding hydrogens is 446 g/mol. The number of amides is 1. The number of carbonyl (C=O) groups excluding carboxylic acids is 2. The number of nitrogens with zero attached hydrogens (tertiary/aromatic N) is 2. The Kier molecular flexibility index (Phi) is 6.32. The molecule has 7 heteroatoms. The third-order valence-electron chi connectivity index (χ3n) is 7.35. The number of rotatable bonds is 6. The highest BCUT2D eigenvalue weighted by molar-refractivity contribution is 8.16. The number of esters is 1. The first-order valence-corrected chi connectivity index (χ1v) is 13.2. The molecule has 6 nitrogen and oxygen atoms in total. The van der Waals surface area contributed by atoms with Gasteiger partial charge in [0.1, 0.15) is 0 Å². The lowest BCUT2D eigenvalue weighted by Crippen LogP contribution is -2.41. The zero-order valence-corrected chi connectivity index (χ0v) is 21.2. The van der Waals surface area contributed by atoms with E-state index in [4.69, 9.17) is 9.73 Å². The van der Waals surface area contributed by atoms with Gasteiger partial charge in [-0.15, -0.1) is 0 Å². The maximum absolute atomic E-state index is 13.2. The molecule has 2 heterocycles. The fraction of sp³-hybridized carbons (Fsp3) is 0.519. The fourth-order valence-corrected chi connectivity index (χ4v) is 6.87. The molecule has 0 unspecified atom stereocenters. The molecule has 2 saturated carbocycles. The number of allylic oxidation sites excluding steroid dienone is 1. The molecule has 2 fully saturated rings. The molecule has 34 heavy (non-hydrogen) atoms. The van der Waals surface area contributed by atoms with E-state index < -0.39 is 0 Å². The van der Waals surface area contributed by atoms with Crippen LogP contribution in [0.15, 0.2) is 51.6 Å². The van der Waals surface area contributed by atoms with E-state index in [0.29, 0.717) is 23.2 Å². The van der Waals surface area contributed by atoms with Gasteiger partial charge in [-0.3, -0.25) is 4.79 Å². The van der Waals surface area contributed by atoms with Gasteiger partial charge in [0, 0.05) is 11.7 Å². The average molecular weight is 480 g/mol. The van der Waals surface area contributed by atoms with E-state index in [1.54, 1.807) is 0 Å². The summed E-state index contributed by atoms with van der Waals surface area (Å²) in [7, 11) is 0. The van der Waals surface area contributed by atoms with Crippen molar-refractivity contribution in [2.75, 3.05) is 0 Å². The van der Waals surface area contributed by atoms with Crippen LogP contribution < -0.4 is 5.32 Å². The molecule has 0 aromatic heterocycles. The number of aliphatic imine (C=N–C) groups is 1. The highest BCUT2D eigenvalue weighted by Gasteiger charge is 2.43. The first-order valence-electron chi connectivity index (χ1n) is 12.3. The van der Waals surface area contributed by atoms with Crippen LogP contribution in [0, 0.1) is 18.8 Å². The Morgan fingerprint density at radius 3 is 2.74 bits per heavy atom.